The standard InChI is InChI=1S/C21H24BrNO/c1-5-13-23-20(6-2)21(24,17-10-8-11-18(22)14-17)19-12-7-9-15(3)16(19)4/h6-14,24H,5H2,1-4H3/b20-6-,23-13?. The van der Waals surface area contributed by atoms with Gasteiger partial charge in [-0.25, -0.2) is 0 Å². The lowest BCUT2D eigenvalue weighted by atomic mass is 9.80. The normalized spacial score (nSPS) is 14.8. The van der Waals surface area contributed by atoms with Crippen LogP contribution in [0.5, 0.6) is 0 Å². The number of rotatable bonds is 5. The Bertz CT molecular complexity index is 779. The minimum absolute atomic E-state index is 0.635. The highest BCUT2D eigenvalue weighted by Gasteiger charge is 2.37. The smallest absolute Gasteiger partial charge is 0.157 e. The fraction of sp³-hybridized carbons (Fsp3) is 0.286. The molecule has 0 aliphatic carbocycles. The van der Waals surface area contributed by atoms with Gasteiger partial charge in [-0.3, -0.25) is 4.99 Å². The zero-order valence-corrected chi connectivity index (χ0v) is 16.3. The number of allylic oxidation sites excluding steroid dienone is 1. The lowest BCUT2D eigenvalue weighted by molar-refractivity contribution is 0.118. The van der Waals surface area contributed by atoms with Gasteiger partial charge < -0.3 is 5.11 Å². The molecule has 1 atom stereocenters. The van der Waals surface area contributed by atoms with Crippen molar-refractivity contribution >= 4 is 22.1 Å². The van der Waals surface area contributed by atoms with Gasteiger partial charge in [-0.05, 0) is 61.6 Å². The van der Waals surface area contributed by atoms with Gasteiger partial charge in [0.1, 0.15) is 0 Å². The monoisotopic (exact) mass is 385 g/mol. The number of hydrogen-bond acceptors (Lipinski definition) is 2. The van der Waals surface area contributed by atoms with Crippen molar-refractivity contribution in [1.82, 2.24) is 0 Å². The molecular weight excluding hydrogens is 362 g/mol. The Balaban J connectivity index is 2.79. The van der Waals surface area contributed by atoms with Crippen LogP contribution in [0.4, 0.5) is 0 Å². The summed E-state index contributed by atoms with van der Waals surface area (Å²) in [5.74, 6) is 0. The molecule has 1 unspecified atom stereocenters. The van der Waals surface area contributed by atoms with E-state index in [9.17, 15) is 5.11 Å². The third kappa shape index (κ3) is 3.52. The average molecular weight is 386 g/mol. The van der Waals surface area contributed by atoms with Crippen LogP contribution in [0.25, 0.3) is 0 Å². The van der Waals surface area contributed by atoms with E-state index in [2.05, 4.69) is 33.9 Å². The highest BCUT2D eigenvalue weighted by atomic mass is 79.9. The number of aryl methyl sites for hydroxylation is 1. The molecule has 0 heterocycles. The Kier molecular flexibility index (Phi) is 6.14. The van der Waals surface area contributed by atoms with Crippen LogP contribution in [0.15, 0.2) is 63.7 Å². The first-order chi connectivity index (χ1) is 11.4. The second-order valence-electron chi connectivity index (χ2n) is 5.86. The summed E-state index contributed by atoms with van der Waals surface area (Å²) in [6, 6.07) is 13.8. The fourth-order valence-corrected chi connectivity index (χ4v) is 3.26. The summed E-state index contributed by atoms with van der Waals surface area (Å²) in [5, 5.41) is 11.9. The van der Waals surface area contributed by atoms with Gasteiger partial charge in [0, 0.05) is 10.7 Å². The van der Waals surface area contributed by atoms with E-state index in [0.29, 0.717) is 5.70 Å². The summed E-state index contributed by atoms with van der Waals surface area (Å²) in [6.07, 6.45) is 4.54. The van der Waals surface area contributed by atoms with Crippen LogP contribution in [0, 0.1) is 13.8 Å². The molecule has 2 rings (SSSR count). The molecule has 126 valence electrons. The third-order valence-corrected chi connectivity index (χ3v) is 4.79. The van der Waals surface area contributed by atoms with Gasteiger partial charge >= 0.3 is 0 Å². The molecule has 0 radical (unpaired) electrons. The van der Waals surface area contributed by atoms with Gasteiger partial charge in [-0.1, -0.05) is 59.3 Å². The van der Waals surface area contributed by atoms with E-state index < -0.39 is 5.60 Å². The maximum Gasteiger partial charge on any atom is 0.157 e. The van der Waals surface area contributed by atoms with Crippen LogP contribution in [-0.2, 0) is 5.60 Å². The molecule has 0 bridgehead atoms. The third-order valence-electron chi connectivity index (χ3n) is 4.29. The van der Waals surface area contributed by atoms with Crippen molar-refractivity contribution in [2.24, 2.45) is 4.99 Å². The van der Waals surface area contributed by atoms with Gasteiger partial charge in [-0.2, -0.15) is 0 Å². The minimum Gasteiger partial charge on any atom is -0.374 e. The van der Waals surface area contributed by atoms with Crippen LogP contribution in [0.2, 0.25) is 0 Å². The van der Waals surface area contributed by atoms with Crippen molar-refractivity contribution in [3.8, 4) is 0 Å². The van der Waals surface area contributed by atoms with Crippen LogP contribution < -0.4 is 0 Å². The topological polar surface area (TPSA) is 32.6 Å². The molecule has 0 amide bonds. The first-order valence-electron chi connectivity index (χ1n) is 8.19. The fourth-order valence-electron chi connectivity index (χ4n) is 2.86. The summed E-state index contributed by atoms with van der Waals surface area (Å²) in [4.78, 5) is 4.56. The first-order valence-corrected chi connectivity index (χ1v) is 8.98. The van der Waals surface area contributed by atoms with Crippen molar-refractivity contribution in [3.05, 3.63) is 81.0 Å². The van der Waals surface area contributed by atoms with Gasteiger partial charge in [0.25, 0.3) is 0 Å². The first kappa shape index (κ1) is 18.6. The number of aliphatic hydroxyl groups is 1. The summed E-state index contributed by atoms with van der Waals surface area (Å²) < 4.78 is 0.929. The van der Waals surface area contributed by atoms with Gasteiger partial charge in [-0.15, -0.1) is 0 Å². The van der Waals surface area contributed by atoms with Crippen molar-refractivity contribution in [2.75, 3.05) is 0 Å². The molecule has 3 heteroatoms. The predicted octanol–water partition coefficient (Wildman–Crippen LogP) is 5.69. The van der Waals surface area contributed by atoms with E-state index in [-0.39, 0.29) is 0 Å². The Morgan fingerprint density at radius 3 is 2.54 bits per heavy atom. The van der Waals surface area contributed by atoms with Crippen molar-refractivity contribution < 1.29 is 5.11 Å². The second-order valence-corrected chi connectivity index (χ2v) is 6.78. The maximum atomic E-state index is 11.9. The number of benzene rings is 2. The number of nitrogens with zero attached hydrogens (tertiary/aromatic N) is 1. The Morgan fingerprint density at radius 1 is 1.21 bits per heavy atom. The number of aliphatic imine (C=N–C) groups is 1. The van der Waals surface area contributed by atoms with Crippen LogP contribution >= 0.6 is 15.9 Å². The van der Waals surface area contributed by atoms with Crippen LogP contribution in [0.3, 0.4) is 0 Å². The molecule has 2 aromatic carbocycles. The molecule has 24 heavy (non-hydrogen) atoms. The lowest BCUT2D eigenvalue weighted by Gasteiger charge is -2.32. The summed E-state index contributed by atoms with van der Waals surface area (Å²) in [7, 11) is 0. The molecule has 1 N–H and O–H groups in total. The molecule has 2 aromatic rings. The molecule has 0 spiro atoms. The van der Waals surface area contributed by atoms with E-state index >= 15 is 0 Å². The zero-order chi connectivity index (χ0) is 17.7. The second kappa shape index (κ2) is 7.91. The Morgan fingerprint density at radius 2 is 1.92 bits per heavy atom. The molecule has 0 aromatic heterocycles. The number of hydrogen-bond donors (Lipinski definition) is 1. The summed E-state index contributed by atoms with van der Waals surface area (Å²) in [6.45, 7) is 8.05. The van der Waals surface area contributed by atoms with E-state index in [1.54, 1.807) is 0 Å². The quantitative estimate of drug-likeness (QED) is 0.659. The average Bonchev–Trinajstić information content (AvgIpc) is 2.57. The molecule has 0 fully saturated rings. The Hall–Kier alpha value is -1.71. The molecular formula is C21H24BrNO. The summed E-state index contributed by atoms with van der Waals surface area (Å²) in [5.41, 5.74) is 3.23. The van der Waals surface area contributed by atoms with E-state index in [1.807, 2.05) is 69.5 Å². The number of halogens is 1. The maximum absolute atomic E-state index is 11.9. The molecule has 0 aliphatic heterocycles. The van der Waals surface area contributed by atoms with Crippen molar-refractivity contribution in [3.63, 3.8) is 0 Å². The van der Waals surface area contributed by atoms with E-state index in [0.717, 1.165) is 33.1 Å². The van der Waals surface area contributed by atoms with E-state index in [4.69, 9.17) is 0 Å². The van der Waals surface area contributed by atoms with Gasteiger partial charge in [0.15, 0.2) is 5.60 Å². The predicted molar refractivity (Wildman–Crippen MR) is 106 cm³/mol. The molecule has 0 saturated carbocycles. The molecule has 0 aliphatic rings. The van der Waals surface area contributed by atoms with Crippen LogP contribution in [-0.4, -0.2) is 11.3 Å². The van der Waals surface area contributed by atoms with Gasteiger partial charge in [0.2, 0.25) is 0 Å². The lowest BCUT2D eigenvalue weighted by Crippen LogP contribution is -2.30. The SMILES string of the molecule is C/C=C(\N=CCC)C(O)(c1cccc(Br)c1)c1cccc(C)c1C. The van der Waals surface area contributed by atoms with Crippen molar-refractivity contribution in [1.29, 1.82) is 0 Å². The van der Waals surface area contributed by atoms with E-state index in [1.165, 1.54) is 0 Å². The highest BCUT2D eigenvalue weighted by Crippen LogP contribution is 2.40. The highest BCUT2D eigenvalue weighted by molar-refractivity contribution is 9.10. The molecule has 2 nitrogen and oxygen atoms in total. The molecule has 0 saturated heterocycles. The van der Waals surface area contributed by atoms with Crippen LogP contribution in [0.1, 0.15) is 42.5 Å². The zero-order valence-electron chi connectivity index (χ0n) is 14.7. The van der Waals surface area contributed by atoms with Crippen molar-refractivity contribution in [2.45, 2.75) is 39.7 Å². The largest absolute Gasteiger partial charge is 0.374 e. The minimum atomic E-state index is -1.29. The summed E-state index contributed by atoms with van der Waals surface area (Å²) >= 11 is 3.51. The van der Waals surface area contributed by atoms with Gasteiger partial charge in [0.05, 0.1) is 5.70 Å². The Labute approximate surface area is 153 Å².